The van der Waals surface area contributed by atoms with E-state index in [0.29, 0.717) is 16.8 Å². The first kappa shape index (κ1) is 14.0. The maximum Gasteiger partial charge on any atom is 0.270 e. The number of aryl methyl sites for hydroxylation is 1. The highest BCUT2D eigenvalue weighted by molar-refractivity contribution is 8.00. The summed E-state index contributed by atoms with van der Waals surface area (Å²) in [6.07, 6.45) is 2.61. The Balaban J connectivity index is 1.75. The van der Waals surface area contributed by atoms with Crippen LogP contribution in [0, 0.1) is 6.92 Å². The zero-order valence-electron chi connectivity index (χ0n) is 11.8. The van der Waals surface area contributed by atoms with Gasteiger partial charge in [-0.2, -0.15) is 17.0 Å². The van der Waals surface area contributed by atoms with Crippen LogP contribution in [0.15, 0.2) is 12.3 Å². The van der Waals surface area contributed by atoms with Gasteiger partial charge in [-0.25, -0.2) is 0 Å². The van der Waals surface area contributed by atoms with E-state index in [0.717, 1.165) is 23.3 Å². The van der Waals surface area contributed by atoms with Crippen molar-refractivity contribution in [3.05, 3.63) is 23.5 Å². The van der Waals surface area contributed by atoms with Crippen LogP contribution in [-0.4, -0.2) is 48.6 Å². The summed E-state index contributed by atoms with van der Waals surface area (Å²) >= 11 is 1.89. The molecule has 2 atom stereocenters. The average Bonchev–Trinajstić information content (AvgIpc) is 3.10. The molecule has 3 rings (SSSR count). The van der Waals surface area contributed by atoms with Gasteiger partial charge in [0.15, 0.2) is 0 Å². The second kappa shape index (κ2) is 5.80. The van der Waals surface area contributed by atoms with Crippen LogP contribution in [0.3, 0.4) is 0 Å². The van der Waals surface area contributed by atoms with Gasteiger partial charge in [0, 0.05) is 28.8 Å². The van der Waals surface area contributed by atoms with E-state index in [1.54, 1.807) is 6.20 Å². The van der Waals surface area contributed by atoms with Crippen LogP contribution < -0.4 is 5.32 Å². The average molecular weight is 304 g/mol. The Morgan fingerprint density at radius 2 is 2.38 bits per heavy atom. The zero-order chi connectivity index (χ0) is 14.8. The molecule has 2 aromatic heterocycles. The van der Waals surface area contributed by atoms with Gasteiger partial charge in [0.2, 0.25) is 5.82 Å². The Labute approximate surface area is 126 Å². The summed E-state index contributed by atoms with van der Waals surface area (Å²) < 4.78 is 0. The smallest absolute Gasteiger partial charge is 0.270 e. The number of rotatable bonds is 3. The minimum absolute atomic E-state index is 0.119. The second-order valence-corrected chi connectivity index (χ2v) is 6.65. The molecule has 1 aliphatic rings. The van der Waals surface area contributed by atoms with Gasteiger partial charge < -0.3 is 5.32 Å². The molecule has 7 nitrogen and oxygen atoms in total. The van der Waals surface area contributed by atoms with E-state index >= 15 is 0 Å². The van der Waals surface area contributed by atoms with Gasteiger partial charge in [0.05, 0.1) is 0 Å². The molecule has 0 radical (unpaired) electrons. The minimum Gasteiger partial charge on any atom is -0.347 e. The summed E-state index contributed by atoms with van der Waals surface area (Å²) in [5.41, 5.74) is 1.99. The number of thioether (sulfide) groups is 1. The van der Waals surface area contributed by atoms with Gasteiger partial charge in [-0.1, -0.05) is 6.92 Å². The first-order valence-electron chi connectivity index (χ1n) is 6.76. The van der Waals surface area contributed by atoms with Crippen LogP contribution in [0.25, 0.3) is 11.4 Å². The number of tetrazole rings is 1. The molecule has 0 saturated carbocycles. The van der Waals surface area contributed by atoms with Crippen molar-refractivity contribution in [1.82, 2.24) is 30.9 Å². The van der Waals surface area contributed by atoms with Crippen molar-refractivity contribution in [2.75, 3.05) is 5.75 Å². The third-order valence-corrected chi connectivity index (χ3v) is 4.79. The van der Waals surface area contributed by atoms with Crippen LogP contribution in [0.1, 0.15) is 29.4 Å². The maximum absolute atomic E-state index is 12.3. The quantitative estimate of drug-likeness (QED) is 0.884. The monoisotopic (exact) mass is 304 g/mol. The summed E-state index contributed by atoms with van der Waals surface area (Å²) in [6.45, 7) is 4.04. The van der Waals surface area contributed by atoms with Crippen LogP contribution in [0.4, 0.5) is 0 Å². The molecule has 110 valence electrons. The Morgan fingerprint density at radius 3 is 3.00 bits per heavy atom. The van der Waals surface area contributed by atoms with Crippen LogP contribution in [0.2, 0.25) is 0 Å². The molecule has 2 unspecified atom stereocenters. The Bertz CT molecular complexity index is 644. The van der Waals surface area contributed by atoms with Crippen LogP contribution >= 0.6 is 11.8 Å². The SMILES string of the molecule is Cc1cc(-c2nn[nH]n2)cnc1C(=O)NC1CSC(C)C1. The molecule has 1 saturated heterocycles. The molecule has 0 spiro atoms. The molecule has 2 N–H and O–H groups in total. The Kier molecular flexibility index (Phi) is 3.87. The number of nitrogens with zero attached hydrogens (tertiary/aromatic N) is 4. The third-order valence-electron chi connectivity index (χ3n) is 3.43. The molecular weight excluding hydrogens is 288 g/mol. The summed E-state index contributed by atoms with van der Waals surface area (Å²) in [7, 11) is 0. The summed E-state index contributed by atoms with van der Waals surface area (Å²) in [4.78, 5) is 16.5. The van der Waals surface area contributed by atoms with Gasteiger partial charge in [-0.05, 0) is 30.2 Å². The van der Waals surface area contributed by atoms with Crippen molar-refractivity contribution in [3.63, 3.8) is 0 Å². The van der Waals surface area contributed by atoms with Crippen LogP contribution in [0.5, 0.6) is 0 Å². The topological polar surface area (TPSA) is 96.4 Å². The van der Waals surface area contributed by atoms with Crippen molar-refractivity contribution in [1.29, 1.82) is 0 Å². The highest BCUT2D eigenvalue weighted by Gasteiger charge is 2.24. The Hall–Kier alpha value is -1.96. The number of carbonyl (C=O) groups excluding carboxylic acids is 1. The molecule has 1 aliphatic heterocycles. The lowest BCUT2D eigenvalue weighted by Gasteiger charge is -2.12. The fourth-order valence-electron chi connectivity index (χ4n) is 2.39. The van der Waals surface area contributed by atoms with Crippen LogP contribution in [-0.2, 0) is 0 Å². The number of nitrogens with one attached hydrogen (secondary N) is 2. The number of aromatic amines is 1. The molecule has 2 aromatic rings. The molecular formula is C13H16N6OS. The molecule has 0 aromatic carbocycles. The number of aromatic nitrogens is 5. The second-order valence-electron chi connectivity index (χ2n) is 5.17. The minimum atomic E-state index is -0.119. The van der Waals surface area contributed by atoms with Gasteiger partial charge in [0.25, 0.3) is 5.91 Å². The number of pyridine rings is 1. The number of hydrogen-bond acceptors (Lipinski definition) is 6. The van der Waals surface area contributed by atoms with E-state index in [4.69, 9.17) is 0 Å². The van der Waals surface area contributed by atoms with Gasteiger partial charge in [0.1, 0.15) is 5.69 Å². The largest absolute Gasteiger partial charge is 0.347 e. The number of carbonyl (C=O) groups is 1. The standard InChI is InChI=1S/C13H16N6OS/c1-7-3-9(12-16-18-19-17-12)5-14-11(7)13(20)15-10-4-8(2)21-6-10/h3,5,8,10H,4,6H2,1-2H3,(H,15,20)(H,16,17,18,19). The molecule has 1 amide bonds. The van der Waals surface area contributed by atoms with Gasteiger partial charge >= 0.3 is 0 Å². The summed E-state index contributed by atoms with van der Waals surface area (Å²) in [5, 5.41) is 17.4. The zero-order valence-corrected chi connectivity index (χ0v) is 12.6. The van der Waals surface area contributed by atoms with E-state index in [1.807, 2.05) is 24.8 Å². The molecule has 0 aliphatic carbocycles. The van der Waals surface area contributed by atoms with Crippen molar-refractivity contribution < 1.29 is 4.79 Å². The molecule has 1 fully saturated rings. The normalized spacial score (nSPS) is 21.4. The fourth-order valence-corrected chi connectivity index (χ4v) is 3.54. The molecule has 8 heteroatoms. The van der Waals surface area contributed by atoms with E-state index in [-0.39, 0.29) is 11.9 Å². The number of amides is 1. The highest BCUT2D eigenvalue weighted by atomic mass is 32.2. The van der Waals surface area contributed by atoms with E-state index in [9.17, 15) is 4.79 Å². The lowest BCUT2D eigenvalue weighted by atomic mass is 10.1. The van der Waals surface area contributed by atoms with Gasteiger partial charge in [-0.3, -0.25) is 9.78 Å². The fraction of sp³-hybridized carbons (Fsp3) is 0.462. The summed E-state index contributed by atoms with van der Waals surface area (Å²) in [6, 6.07) is 2.08. The first-order valence-corrected chi connectivity index (χ1v) is 7.81. The predicted molar refractivity (Wildman–Crippen MR) is 79.9 cm³/mol. The van der Waals surface area contributed by atoms with E-state index in [1.165, 1.54) is 0 Å². The molecule has 0 bridgehead atoms. The Morgan fingerprint density at radius 1 is 1.52 bits per heavy atom. The van der Waals surface area contributed by atoms with Crippen molar-refractivity contribution >= 4 is 17.7 Å². The molecule has 21 heavy (non-hydrogen) atoms. The van der Waals surface area contributed by atoms with E-state index in [2.05, 4.69) is 37.8 Å². The first-order chi connectivity index (χ1) is 10.1. The predicted octanol–water partition coefficient (Wildman–Crippen LogP) is 1.19. The summed E-state index contributed by atoms with van der Waals surface area (Å²) in [5.74, 6) is 1.32. The lowest BCUT2D eigenvalue weighted by molar-refractivity contribution is 0.0935. The third kappa shape index (κ3) is 3.05. The number of hydrogen-bond donors (Lipinski definition) is 2. The van der Waals surface area contributed by atoms with Gasteiger partial charge in [-0.15, -0.1) is 10.2 Å². The lowest BCUT2D eigenvalue weighted by Crippen LogP contribution is -2.35. The van der Waals surface area contributed by atoms with E-state index < -0.39 is 0 Å². The molecule has 3 heterocycles. The van der Waals surface area contributed by atoms with Crippen molar-refractivity contribution in [3.8, 4) is 11.4 Å². The maximum atomic E-state index is 12.3. The van der Waals surface area contributed by atoms with Crippen molar-refractivity contribution in [2.45, 2.75) is 31.6 Å². The highest BCUT2D eigenvalue weighted by Crippen LogP contribution is 2.26. The van der Waals surface area contributed by atoms with Crippen molar-refractivity contribution in [2.24, 2.45) is 0 Å². The number of H-pyrrole nitrogens is 1.